The van der Waals surface area contributed by atoms with Gasteiger partial charge in [0.15, 0.2) is 6.61 Å². The number of nitrogens with zero attached hydrogens (tertiary/aromatic N) is 2. The summed E-state index contributed by atoms with van der Waals surface area (Å²) in [6, 6.07) is 13.8. The molecule has 2 N–H and O–H groups in total. The Balaban J connectivity index is 1.47. The molecule has 2 amide bonds. The van der Waals surface area contributed by atoms with Crippen LogP contribution in [0.1, 0.15) is 5.56 Å². The van der Waals surface area contributed by atoms with E-state index < -0.39 is 34.1 Å². The Labute approximate surface area is 206 Å². The normalized spacial score (nSPS) is 21.4. The molecule has 2 aliphatic rings. The van der Waals surface area contributed by atoms with Gasteiger partial charge in [-0.25, -0.2) is 4.79 Å². The van der Waals surface area contributed by atoms with Crippen molar-refractivity contribution < 1.29 is 29.2 Å². The summed E-state index contributed by atoms with van der Waals surface area (Å²) in [4.78, 5) is 48.6. The molecular weight excluding hydrogens is 530 g/mol. The van der Waals surface area contributed by atoms with Crippen LogP contribution in [0.2, 0.25) is 0 Å². The maximum absolute atomic E-state index is 12.7. The number of halogens is 1. The van der Waals surface area contributed by atoms with E-state index >= 15 is 0 Å². The van der Waals surface area contributed by atoms with Crippen LogP contribution in [0.5, 0.6) is 5.75 Å². The molecule has 12 heteroatoms. The van der Waals surface area contributed by atoms with Crippen LogP contribution < -0.4 is 10.1 Å². The molecule has 2 aromatic carbocycles. The van der Waals surface area contributed by atoms with Crippen LogP contribution in [0.4, 0.5) is 5.69 Å². The van der Waals surface area contributed by atoms with Crippen LogP contribution in [-0.2, 0) is 20.8 Å². The van der Waals surface area contributed by atoms with Gasteiger partial charge in [-0.05, 0) is 24.1 Å². The Morgan fingerprint density at radius 3 is 2.47 bits per heavy atom. The molecule has 0 saturated carbocycles. The number of amides is 2. The molecule has 3 atom stereocenters. The molecule has 4 rings (SSSR count). The summed E-state index contributed by atoms with van der Waals surface area (Å²) in [6.45, 7) is -0.289. The van der Waals surface area contributed by atoms with E-state index in [2.05, 4.69) is 21.2 Å². The van der Waals surface area contributed by atoms with Crippen LogP contribution in [0.3, 0.4) is 0 Å². The third-order valence-corrected chi connectivity index (χ3v) is 8.02. The molecule has 0 aliphatic carbocycles. The van der Waals surface area contributed by atoms with Gasteiger partial charge in [0.25, 0.3) is 17.5 Å². The van der Waals surface area contributed by atoms with E-state index in [1.807, 2.05) is 6.07 Å². The molecule has 0 radical (unpaired) electrons. The maximum atomic E-state index is 12.7. The molecule has 176 valence electrons. The van der Waals surface area contributed by atoms with E-state index in [0.717, 1.165) is 10.5 Å². The zero-order chi connectivity index (χ0) is 24.4. The summed E-state index contributed by atoms with van der Waals surface area (Å²) < 4.78 is 5.75. The number of para-hydroxylation sites is 1. The second-order valence-corrected chi connectivity index (χ2v) is 9.68. The highest BCUT2D eigenvalue weighted by atomic mass is 79.9. The summed E-state index contributed by atoms with van der Waals surface area (Å²) in [5.41, 5.74) is 0.546. The van der Waals surface area contributed by atoms with Crippen LogP contribution in [0.15, 0.2) is 64.8 Å². The second kappa shape index (κ2) is 9.85. The number of carbonyl (C=O) groups is 3. The first-order valence-electron chi connectivity index (χ1n) is 10.1. The molecule has 2 aliphatic heterocycles. The fraction of sp³-hybridized carbons (Fsp3) is 0.227. The lowest BCUT2D eigenvalue weighted by molar-refractivity contribution is -0.384. The van der Waals surface area contributed by atoms with Crippen LogP contribution in [0.25, 0.3) is 0 Å². The number of carboxylic acid groups (broad SMARTS) is 1. The monoisotopic (exact) mass is 547 g/mol. The van der Waals surface area contributed by atoms with Gasteiger partial charge < -0.3 is 15.2 Å². The number of rotatable bonds is 8. The molecule has 2 heterocycles. The minimum Gasteiger partial charge on any atom is -0.484 e. The van der Waals surface area contributed by atoms with E-state index in [0.29, 0.717) is 16.7 Å². The molecule has 0 aromatic heterocycles. The lowest BCUT2D eigenvalue weighted by atomic mass is 10.0. The predicted octanol–water partition coefficient (Wildman–Crippen LogP) is 2.68. The first kappa shape index (κ1) is 23.8. The van der Waals surface area contributed by atoms with Crippen molar-refractivity contribution in [2.45, 2.75) is 23.1 Å². The van der Waals surface area contributed by atoms with Crippen LogP contribution >= 0.6 is 27.7 Å². The first-order chi connectivity index (χ1) is 16.3. The fourth-order valence-electron chi connectivity index (χ4n) is 3.66. The lowest BCUT2D eigenvalue weighted by Crippen LogP contribution is -2.71. The molecule has 34 heavy (non-hydrogen) atoms. The minimum atomic E-state index is -1.27. The SMILES string of the molecule is O=C(COc1ccccc1)N[C@@H]1C(=O)N2C(C(=O)O)=C(Br)C(Cc3ccc([N+](=O)[O-])cc3)S[C@H]12. The van der Waals surface area contributed by atoms with Crippen molar-refractivity contribution in [1.82, 2.24) is 10.2 Å². The molecule has 10 nitrogen and oxygen atoms in total. The van der Waals surface area contributed by atoms with Crippen molar-refractivity contribution >= 4 is 51.2 Å². The predicted molar refractivity (Wildman–Crippen MR) is 126 cm³/mol. The number of β-lactam (4-membered cyclic amide) rings is 1. The number of ether oxygens (including phenoxy) is 1. The van der Waals surface area contributed by atoms with Gasteiger partial charge in [0.05, 0.1) is 4.92 Å². The molecule has 1 saturated heterocycles. The van der Waals surface area contributed by atoms with Crippen LogP contribution in [-0.4, -0.2) is 56.0 Å². The lowest BCUT2D eigenvalue weighted by Gasteiger charge is -2.50. The number of non-ortho nitro benzene ring substituents is 1. The summed E-state index contributed by atoms with van der Waals surface area (Å²) >= 11 is 4.67. The number of hydrogen-bond acceptors (Lipinski definition) is 7. The fourth-order valence-corrected chi connectivity index (χ4v) is 6.04. The number of thioether (sulfide) groups is 1. The minimum absolute atomic E-state index is 0.0443. The van der Waals surface area contributed by atoms with Crippen molar-refractivity contribution in [2.24, 2.45) is 0 Å². The number of hydrogen-bond donors (Lipinski definition) is 2. The Kier molecular flexibility index (Phi) is 6.89. The smallest absolute Gasteiger partial charge is 0.353 e. The summed E-state index contributed by atoms with van der Waals surface area (Å²) in [7, 11) is 0. The van der Waals surface area contributed by atoms with Crippen molar-refractivity contribution in [3.8, 4) is 5.75 Å². The second-order valence-electron chi connectivity index (χ2n) is 7.50. The van der Waals surface area contributed by atoms with Crippen molar-refractivity contribution in [2.75, 3.05) is 6.61 Å². The van der Waals surface area contributed by atoms with Crippen LogP contribution in [0, 0.1) is 10.1 Å². The summed E-state index contributed by atoms with van der Waals surface area (Å²) in [5.74, 6) is -1.78. The molecule has 0 spiro atoms. The van der Waals surface area contributed by atoms with Gasteiger partial charge in [0.1, 0.15) is 22.9 Å². The number of carboxylic acids is 1. The van der Waals surface area contributed by atoms with Gasteiger partial charge in [-0.2, -0.15) is 0 Å². The van der Waals surface area contributed by atoms with E-state index in [1.165, 1.54) is 23.9 Å². The first-order valence-corrected chi connectivity index (χ1v) is 11.8. The van der Waals surface area contributed by atoms with Gasteiger partial charge in [0.2, 0.25) is 0 Å². The number of fused-ring (bicyclic) bond motifs is 1. The number of nitro groups is 1. The Bertz CT molecular complexity index is 1170. The Hall–Kier alpha value is -3.38. The largest absolute Gasteiger partial charge is 0.484 e. The average Bonchev–Trinajstić information content (AvgIpc) is 2.83. The topological polar surface area (TPSA) is 139 Å². The highest BCUT2D eigenvalue weighted by Crippen LogP contribution is 2.47. The third-order valence-electron chi connectivity index (χ3n) is 5.30. The number of aliphatic carboxylic acids is 1. The molecule has 0 bridgehead atoms. The summed E-state index contributed by atoms with van der Waals surface area (Å²) in [5, 5.41) is 22.3. The molecule has 1 unspecified atom stereocenters. The van der Waals surface area contributed by atoms with Crippen molar-refractivity contribution in [1.29, 1.82) is 0 Å². The summed E-state index contributed by atoms with van der Waals surface area (Å²) in [6.07, 6.45) is 0.371. The number of nitro benzene ring substituents is 1. The standard InChI is InChI=1S/C22H18BrN3O7S/c23-17-15(10-12-6-8-13(9-7-12)26(31)32)34-21-18(20(28)25(21)19(17)22(29)30)24-16(27)11-33-14-4-2-1-3-5-14/h1-9,15,18,21H,10-11H2,(H,24,27)(H,29,30)/t15?,18-,21-/m1/s1. The van der Waals surface area contributed by atoms with Gasteiger partial charge in [0, 0.05) is 21.9 Å². The third kappa shape index (κ3) is 4.77. The van der Waals surface area contributed by atoms with Gasteiger partial charge in [-0.15, -0.1) is 11.8 Å². The van der Waals surface area contributed by atoms with Gasteiger partial charge >= 0.3 is 5.97 Å². The van der Waals surface area contributed by atoms with E-state index in [1.54, 1.807) is 36.4 Å². The van der Waals surface area contributed by atoms with E-state index in [9.17, 15) is 29.6 Å². The highest BCUT2D eigenvalue weighted by molar-refractivity contribution is 9.12. The average molecular weight is 548 g/mol. The maximum Gasteiger partial charge on any atom is 0.353 e. The molecule has 2 aromatic rings. The van der Waals surface area contributed by atoms with E-state index in [-0.39, 0.29) is 23.2 Å². The molecular formula is C22H18BrN3O7S. The van der Waals surface area contributed by atoms with Crippen molar-refractivity contribution in [3.05, 3.63) is 80.5 Å². The molecule has 1 fully saturated rings. The Morgan fingerprint density at radius 2 is 1.85 bits per heavy atom. The quantitative estimate of drug-likeness (QED) is 0.292. The number of benzene rings is 2. The zero-order valence-electron chi connectivity index (χ0n) is 17.4. The number of nitrogens with one attached hydrogen (secondary N) is 1. The zero-order valence-corrected chi connectivity index (χ0v) is 19.8. The van der Waals surface area contributed by atoms with E-state index in [4.69, 9.17) is 4.74 Å². The number of carbonyl (C=O) groups excluding carboxylic acids is 2. The Morgan fingerprint density at radius 1 is 1.18 bits per heavy atom. The van der Waals surface area contributed by atoms with Gasteiger partial charge in [-0.1, -0.05) is 46.3 Å². The van der Waals surface area contributed by atoms with Crippen molar-refractivity contribution in [3.63, 3.8) is 0 Å². The van der Waals surface area contributed by atoms with Gasteiger partial charge in [-0.3, -0.25) is 24.6 Å². The highest BCUT2D eigenvalue weighted by Gasteiger charge is 2.56.